The van der Waals surface area contributed by atoms with Crippen LogP contribution in [0.2, 0.25) is 0 Å². The first kappa shape index (κ1) is 20.6. The number of fused-ring (bicyclic) bond motifs is 2. The van der Waals surface area contributed by atoms with Crippen LogP contribution in [0, 0.1) is 0 Å². The zero-order valence-corrected chi connectivity index (χ0v) is 19.1. The molecule has 0 amide bonds. The van der Waals surface area contributed by atoms with Gasteiger partial charge in [0, 0.05) is 58.0 Å². The molecule has 2 aromatic rings. The molecule has 0 saturated carbocycles. The zero-order valence-electron chi connectivity index (χ0n) is 17.5. The van der Waals surface area contributed by atoms with Crippen LogP contribution in [0.25, 0.3) is 0 Å². The van der Waals surface area contributed by atoms with Crippen molar-refractivity contribution in [2.45, 2.75) is 17.0 Å². The highest BCUT2D eigenvalue weighted by Crippen LogP contribution is 2.53. The second kappa shape index (κ2) is 9.03. The van der Waals surface area contributed by atoms with Crippen molar-refractivity contribution >= 4 is 29.2 Å². The summed E-state index contributed by atoms with van der Waals surface area (Å²) < 4.78 is 0.241. The van der Waals surface area contributed by atoms with Gasteiger partial charge in [-0.25, -0.2) is 0 Å². The van der Waals surface area contributed by atoms with Crippen LogP contribution < -0.4 is 4.90 Å². The standard InChI is InChI=1S/C24H31N3OS2/c28-22-8-6-21(7-9-22)27-14-12-25(13-15-27)10-11-26-18-20-4-1-2-5-23(20)24(19-26)29-16-3-17-30-24/h1-2,4-9,28H,3,10-19H2. The van der Waals surface area contributed by atoms with Gasteiger partial charge in [-0.05, 0) is 53.3 Å². The molecule has 0 unspecified atom stereocenters. The lowest BCUT2D eigenvalue weighted by Gasteiger charge is -2.46. The number of phenolic OH excluding ortho intramolecular Hbond substituents is 1. The third-order valence-corrected chi connectivity index (χ3v) is 9.86. The quantitative estimate of drug-likeness (QED) is 0.770. The lowest BCUT2D eigenvalue weighted by atomic mass is 9.99. The molecule has 0 atom stereocenters. The van der Waals surface area contributed by atoms with Gasteiger partial charge in [-0.3, -0.25) is 9.80 Å². The first-order valence-electron chi connectivity index (χ1n) is 11.1. The molecule has 2 aromatic carbocycles. The van der Waals surface area contributed by atoms with Gasteiger partial charge >= 0.3 is 0 Å². The van der Waals surface area contributed by atoms with Crippen molar-refractivity contribution in [2.24, 2.45) is 0 Å². The number of anilines is 1. The molecule has 3 heterocycles. The van der Waals surface area contributed by atoms with Gasteiger partial charge < -0.3 is 10.0 Å². The van der Waals surface area contributed by atoms with E-state index in [1.165, 1.54) is 35.7 Å². The molecule has 6 heteroatoms. The van der Waals surface area contributed by atoms with E-state index in [0.717, 1.165) is 45.8 Å². The Labute approximate surface area is 188 Å². The van der Waals surface area contributed by atoms with Crippen LogP contribution in [0.15, 0.2) is 48.5 Å². The third kappa shape index (κ3) is 4.33. The lowest BCUT2D eigenvalue weighted by Crippen LogP contribution is -2.50. The number of hydrogen-bond donors (Lipinski definition) is 1. The number of rotatable bonds is 4. The Morgan fingerprint density at radius 2 is 1.53 bits per heavy atom. The maximum atomic E-state index is 9.51. The minimum absolute atomic E-state index is 0.241. The summed E-state index contributed by atoms with van der Waals surface area (Å²) in [7, 11) is 0. The number of aromatic hydroxyl groups is 1. The summed E-state index contributed by atoms with van der Waals surface area (Å²) in [5, 5.41) is 9.51. The fraction of sp³-hybridized carbons (Fsp3) is 0.500. The summed E-state index contributed by atoms with van der Waals surface area (Å²) >= 11 is 4.35. The maximum absolute atomic E-state index is 9.51. The fourth-order valence-electron chi connectivity index (χ4n) is 4.86. The fourth-order valence-corrected chi connectivity index (χ4v) is 8.37. The molecule has 1 spiro atoms. The summed E-state index contributed by atoms with van der Waals surface area (Å²) in [6, 6.07) is 16.8. The second-order valence-electron chi connectivity index (χ2n) is 8.52. The van der Waals surface area contributed by atoms with E-state index in [1.54, 1.807) is 17.7 Å². The van der Waals surface area contributed by atoms with Crippen molar-refractivity contribution in [3.63, 3.8) is 0 Å². The second-order valence-corrected chi connectivity index (χ2v) is 11.6. The Morgan fingerprint density at radius 1 is 0.833 bits per heavy atom. The van der Waals surface area contributed by atoms with Crippen LogP contribution in [-0.2, 0) is 10.6 Å². The highest BCUT2D eigenvalue weighted by molar-refractivity contribution is 8.18. The van der Waals surface area contributed by atoms with E-state index in [9.17, 15) is 5.11 Å². The molecule has 0 aliphatic carbocycles. The van der Waals surface area contributed by atoms with Gasteiger partial charge in [-0.2, -0.15) is 0 Å². The molecule has 30 heavy (non-hydrogen) atoms. The van der Waals surface area contributed by atoms with Crippen molar-refractivity contribution in [3.8, 4) is 5.75 Å². The van der Waals surface area contributed by atoms with Crippen molar-refractivity contribution in [1.82, 2.24) is 9.80 Å². The van der Waals surface area contributed by atoms with Crippen molar-refractivity contribution in [2.75, 3.05) is 62.2 Å². The zero-order chi connectivity index (χ0) is 20.4. The molecule has 0 aromatic heterocycles. The highest BCUT2D eigenvalue weighted by Gasteiger charge is 2.41. The molecule has 2 fully saturated rings. The Balaban J connectivity index is 1.18. The van der Waals surface area contributed by atoms with Crippen molar-refractivity contribution in [1.29, 1.82) is 0 Å². The van der Waals surface area contributed by atoms with E-state index in [2.05, 4.69) is 62.5 Å². The Bertz CT molecular complexity index is 846. The molecule has 0 radical (unpaired) electrons. The van der Waals surface area contributed by atoms with Crippen LogP contribution in [0.3, 0.4) is 0 Å². The summed E-state index contributed by atoms with van der Waals surface area (Å²) in [6.45, 7) is 8.90. The molecule has 160 valence electrons. The SMILES string of the molecule is Oc1ccc(N2CCN(CCN3Cc4ccccc4C4(C3)SCCCS4)CC2)cc1. The Morgan fingerprint density at radius 3 is 2.30 bits per heavy atom. The average molecular weight is 442 g/mol. The summed E-state index contributed by atoms with van der Waals surface area (Å²) in [5.74, 6) is 2.91. The average Bonchev–Trinajstić information content (AvgIpc) is 2.79. The molecule has 0 bridgehead atoms. The van der Waals surface area contributed by atoms with E-state index in [-0.39, 0.29) is 4.08 Å². The van der Waals surface area contributed by atoms with Crippen molar-refractivity contribution in [3.05, 3.63) is 59.7 Å². The van der Waals surface area contributed by atoms with E-state index in [4.69, 9.17) is 0 Å². The predicted octanol–water partition coefficient (Wildman–Crippen LogP) is 4.05. The largest absolute Gasteiger partial charge is 0.508 e. The molecular weight excluding hydrogens is 410 g/mol. The third-order valence-electron chi connectivity index (χ3n) is 6.53. The van der Waals surface area contributed by atoms with Crippen LogP contribution in [-0.4, -0.2) is 72.2 Å². The maximum Gasteiger partial charge on any atom is 0.115 e. The molecule has 1 N–H and O–H groups in total. The monoisotopic (exact) mass is 441 g/mol. The topological polar surface area (TPSA) is 30.0 Å². The summed E-state index contributed by atoms with van der Waals surface area (Å²) in [6.07, 6.45) is 1.34. The summed E-state index contributed by atoms with van der Waals surface area (Å²) in [5.41, 5.74) is 4.33. The van der Waals surface area contributed by atoms with E-state index >= 15 is 0 Å². The molecule has 5 rings (SSSR count). The molecule has 4 nitrogen and oxygen atoms in total. The normalized spacial score (nSPS) is 22.2. The number of thioether (sulfide) groups is 2. The van der Waals surface area contributed by atoms with Gasteiger partial charge in [0.25, 0.3) is 0 Å². The van der Waals surface area contributed by atoms with Crippen LogP contribution in [0.1, 0.15) is 17.5 Å². The minimum atomic E-state index is 0.241. The van der Waals surface area contributed by atoms with Crippen molar-refractivity contribution < 1.29 is 5.11 Å². The van der Waals surface area contributed by atoms with Crippen LogP contribution in [0.4, 0.5) is 5.69 Å². The Hall–Kier alpha value is -1.34. The van der Waals surface area contributed by atoms with Crippen LogP contribution in [0.5, 0.6) is 5.75 Å². The Kier molecular flexibility index (Phi) is 6.19. The van der Waals surface area contributed by atoms with E-state index in [0.29, 0.717) is 5.75 Å². The van der Waals surface area contributed by atoms with Crippen LogP contribution >= 0.6 is 23.5 Å². The molecule has 3 aliphatic rings. The van der Waals surface area contributed by atoms with Gasteiger partial charge in [0.2, 0.25) is 0 Å². The number of phenols is 1. The molecular formula is C24H31N3OS2. The first-order chi connectivity index (χ1) is 14.7. The van der Waals surface area contributed by atoms with E-state index < -0.39 is 0 Å². The van der Waals surface area contributed by atoms with E-state index in [1.807, 2.05) is 12.1 Å². The minimum Gasteiger partial charge on any atom is -0.508 e. The number of piperazine rings is 1. The van der Waals surface area contributed by atoms with Gasteiger partial charge in [-0.15, -0.1) is 23.5 Å². The summed E-state index contributed by atoms with van der Waals surface area (Å²) in [4.78, 5) is 7.74. The van der Waals surface area contributed by atoms with Gasteiger partial charge in [0.1, 0.15) is 5.75 Å². The predicted molar refractivity (Wildman–Crippen MR) is 130 cm³/mol. The molecule has 3 aliphatic heterocycles. The highest BCUT2D eigenvalue weighted by atomic mass is 32.2. The van der Waals surface area contributed by atoms with Gasteiger partial charge in [0.05, 0.1) is 4.08 Å². The van der Waals surface area contributed by atoms with Gasteiger partial charge in [0.15, 0.2) is 0 Å². The number of hydrogen-bond acceptors (Lipinski definition) is 6. The van der Waals surface area contributed by atoms with Gasteiger partial charge in [-0.1, -0.05) is 24.3 Å². The first-order valence-corrected chi connectivity index (χ1v) is 13.0. The molecule has 2 saturated heterocycles. The lowest BCUT2D eigenvalue weighted by molar-refractivity contribution is 0.182. The number of benzene rings is 2. The smallest absolute Gasteiger partial charge is 0.115 e. The number of nitrogens with zero attached hydrogens (tertiary/aromatic N) is 3.